The van der Waals surface area contributed by atoms with Crippen molar-refractivity contribution in [1.82, 2.24) is 0 Å². The van der Waals surface area contributed by atoms with Crippen LogP contribution < -0.4 is 5.32 Å². The van der Waals surface area contributed by atoms with Gasteiger partial charge in [0.2, 0.25) is 0 Å². The van der Waals surface area contributed by atoms with E-state index in [1.54, 1.807) is 12.2 Å². The lowest BCUT2D eigenvalue weighted by atomic mass is 10.1. The van der Waals surface area contributed by atoms with Gasteiger partial charge in [-0.05, 0) is 24.6 Å². The fourth-order valence-corrected chi connectivity index (χ4v) is 1.23. The van der Waals surface area contributed by atoms with Crippen LogP contribution in [0.5, 0.6) is 0 Å². The number of alkyl halides is 3. The average molecular weight is 261 g/mol. The molecule has 4 nitrogen and oxygen atoms in total. The molecule has 0 spiro atoms. The Morgan fingerprint density at radius 2 is 1.89 bits per heavy atom. The Labute approximate surface area is 101 Å². The third-order valence-corrected chi connectivity index (χ3v) is 2.16. The standard InChI is InChI=1S/C11H10F3NO3/c1-6-3-4-7(5-8(6)9(16)18-2)15-10(17)11(12,13)14/h3-5H,1-2H3,(H,15,17). The maximum atomic E-state index is 12.0. The van der Waals surface area contributed by atoms with E-state index in [1.165, 1.54) is 12.1 Å². The zero-order chi connectivity index (χ0) is 13.9. The van der Waals surface area contributed by atoms with Crippen LogP contribution in [-0.2, 0) is 9.53 Å². The number of hydrogen-bond donors (Lipinski definition) is 1. The highest BCUT2D eigenvalue weighted by Gasteiger charge is 2.38. The molecule has 0 bridgehead atoms. The molecule has 0 aromatic heterocycles. The molecule has 1 aromatic carbocycles. The van der Waals surface area contributed by atoms with E-state index in [2.05, 4.69) is 4.74 Å². The van der Waals surface area contributed by atoms with Crippen LogP contribution in [0.1, 0.15) is 15.9 Å². The van der Waals surface area contributed by atoms with Gasteiger partial charge in [-0.3, -0.25) is 4.79 Å². The number of rotatable bonds is 2. The van der Waals surface area contributed by atoms with E-state index in [1.807, 2.05) is 0 Å². The van der Waals surface area contributed by atoms with E-state index >= 15 is 0 Å². The van der Waals surface area contributed by atoms with Crippen LogP contribution in [0.4, 0.5) is 18.9 Å². The monoisotopic (exact) mass is 261 g/mol. The summed E-state index contributed by atoms with van der Waals surface area (Å²) in [5.74, 6) is -2.78. The number of nitrogens with one attached hydrogen (secondary N) is 1. The van der Waals surface area contributed by atoms with Crippen molar-refractivity contribution in [3.05, 3.63) is 29.3 Å². The Bertz CT molecular complexity index is 483. The van der Waals surface area contributed by atoms with Gasteiger partial charge in [-0.15, -0.1) is 0 Å². The summed E-state index contributed by atoms with van der Waals surface area (Å²) in [4.78, 5) is 22.0. The molecule has 0 saturated heterocycles. The molecule has 1 amide bonds. The Morgan fingerprint density at radius 3 is 2.39 bits per heavy atom. The largest absolute Gasteiger partial charge is 0.471 e. The fourth-order valence-electron chi connectivity index (χ4n) is 1.23. The van der Waals surface area contributed by atoms with Gasteiger partial charge in [-0.2, -0.15) is 13.2 Å². The van der Waals surface area contributed by atoms with Gasteiger partial charge in [0, 0.05) is 5.69 Å². The van der Waals surface area contributed by atoms with Crippen LogP contribution in [-0.4, -0.2) is 25.2 Å². The summed E-state index contributed by atoms with van der Waals surface area (Å²) in [6.45, 7) is 1.60. The number of carbonyl (C=O) groups is 2. The Hall–Kier alpha value is -2.05. The minimum Gasteiger partial charge on any atom is -0.465 e. The second kappa shape index (κ2) is 5.07. The maximum Gasteiger partial charge on any atom is 0.471 e. The highest BCUT2D eigenvalue weighted by molar-refractivity contribution is 5.97. The smallest absolute Gasteiger partial charge is 0.465 e. The Morgan fingerprint density at radius 1 is 1.28 bits per heavy atom. The number of benzene rings is 1. The predicted octanol–water partition coefficient (Wildman–Crippen LogP) is 2.28. The molecule has 0 aliphatic rings. The summed E-state index contributed by atoms with van der Waals surface area (Å²) >= 11 is 0. The first-order valence-electron chi connectivity index (χ1n) is 4.83. The number of anilines is 1. The van der Waals surface area contributed by atoms with Crippen LogP contribution in [0.3, 0.4) is 0 Å². The summed E-state index contributed by atoms with van der Waals surface area (Å²) in [5, 5.41) is 1.66. The Kier molecular flexibility index (Phi) is 3.95. The molecule has 1 rings (SSSR count). The van der Waals surface area contributed by atoms with Gasteiger partial charge in [0.25, 0.3) is 0 Å². The Balaban J connectivity index is 2.99. The van der Waals surface area contributed by atoms with Gasteiger partial charge in [0.05, 0.1) is 12.7 Å². The first kappa shape index (κ1) is 14.0. The summed E-state index contributed by atoms with van der Waals surface area (Å²) < 4.78 is 40.6. The molecule has 18 heavy (non-hydrogen) atoms. The SMILES string of the molecule is COC(=O)c1cc(NC(=O)C(F)(F)F)ccc1C. The second-order valence-corrected chi connectivity index (χ2v) is 3.47. The molecule has 7 heteroatoms. The molecule has 1 N–H and O–H groups in total. The molecule has 0 unspecified atom stereocenters. The minimum atomic E-state index is -4.98. The number of carbonyl (C=O) groups excluding carboxylic acids is 2. The lowest BCUT2D eigenvalue weighted by Crippen LogP contribution is -2.30. The van der Waals surface area contributed by atoms with Crippen molar-refractivity contribution in [3.8, 4) is 0 Å². The van der Waals surface area contributed by atoms with Gasteiger partial charge in [0.1, 0.15) is 0 Å². The number of ether oxygens (including phenoxy) is 1. The van der Waals surface area contributed by atoms with Gasteiger partial charge < -0.3 is 10.1 Å². The molecule has 0 atom stereocenters. The van der Waals surface area contributed by atoms with Crippen molar-refractivity contribution in [2.45, 2.75) is 13.1 Å². The number of esters is 1. The zero-order valence-corrected chi connectivity index (χ0v) is 9.59. The number of halogens is 3. The van der Waals surface area contributed by atoms with E-state index in [-0.39, 0.29) is 11.3 Å². The van der Waals surface area contributed by atoms with E-state index in [0.29, 0.717) is 5.56 Å². The van der Waals surface area contributed by atoms with Gasteiger partial charge in [-0.25, -0.2) is 4.79 Å². The van der Waals surface area contributed by atoms with Crippen molar-refractivity contribution in [3.63, 3.8) is 0 Å². The normalized spacial score (nSPS) is 10.9. The average Bonchev–Trinajstić information content (AvgIpc) is 2.29. The molecule has 98 valence electrons. The topological polar surface area (TPSA) is 55.4 Å². The lowest BCUT2D eigenvalue weighted by Gasteiger charge is -2.10. The van der Waals surface area contributed by atoms with E-state index < -0.39 is 18.1 Å². The third kappa shape index (κ3) is 3.22. The highest BCUT2D eigenvalue weighted by Crippen LogP contribution is 2.20. The first-order chi connectivity index (χ1) is 8.25. The van der Waals surface area contributed by atoms with Crippen molar-refractivity contribution < 1.29 is 27.5 Å². The van der Waals surface area contributed by atoms with Crippen LogP contribution >= 0.6 is 0 Å². The quantitative estimate of drug-likeness (QED) is 0.831. The maximum absolute atomic E-state index is 12.0. The summed E-state index contributed by atoms with van der Waals surface area (Å²) in [7, 11) is 1.16. The molecule has 1 aromatic rings. The molecule has 0 heterocycles. The predicted molar refractivity (Wildman–Crippen MR) is 57.2 cm³/mol. The molecule has 0 aliphatic carbocycles. The third-order valence-electron chi connectivity index (χ3n) is 2.16. The van der Waals surface area contributed by atoms with Crippen LogP contribution in [0.15, 0.2) is 18.2 Å². The first-order valence-corrected chi connectivity index (χ1v) is 4.83. The second-order valence-electron chi connectivity index (χ2n) is 3.47. The fraction of sp³-hybridized carbons (Fsp3) is 0.273. The van der Waals surface area contributed by atoms with Crippen molar-refractivity contribution in [2.24, 2.45) is 0 Å². The number of hydrogen-bond acceptors (Lipinski definition) is 3. The van der Waals surface area contributed by atoms with E-state index in [9.17, 15) is 22.8 Å². The van der Waals surface area contributed by atoms with Crippen LogP contribution in [0, 0.1) is 6.92 Å². The lowest BCUT2D eigenvalue weighted by molar-refractivity contribution is -0.167. The number of aryl methyl sites for hydroxylation is 1. The summed E-state index contributed by atoms with van der Waals surface area (Å²) in [5.41, 5.74) is 0.507. The van der Waals surface area contributed by atoms with Crippen molar-refractivity contribution in [1.29, 1.82) is 0 Å². The van der Waals surface area contributed by atoms with Crippen molar-refractivity contribution >= 4 is 17.6 Å². The molecule has 0 radical (unpaired) electrons. The molecule has 0 fully saturated rings. The number of amides is 1. The van der Waals surface area contributed by atoms with E-state index in [4.69, 9.17) is 0 Å². The molecule has 0 aliphatic heterocycles. The van der Waals surface area contributed by atoms with E-state index in [0.717, 1.165) is 13.2 Å². The molecule has 0 saturated carbocycles. The number of methoxy groups -OCH3 is 1. The molecular formula is C11H10F3NO3. The van der Waals surface area contributed by atoms with Crippen molar-refractivity contribution in [2.75, 3.05) is 12.4 Å². The van der Waals surface area contributed by atoms with Gasteiger partial charge in [-0.1, -0.05) is 6.07 Å². The van der Waals surface area contributed by atoms with Gasteiger partial charge in [0.15, 0.2) is 0 Å². The minimum absolute atomic E-state index is 0.0949. The van der Waals surface area contributed by atoms with Gasteiger partial charge >= 0.3 is 18.1 Å². The highest BCUT2D eigenvalue weighted by atomic mass is 19.4. The molecular weight excluding hydrogens is 251 g/mol. The summed E-state index contributed by atoms with van der Waals surface area (Å²) in [6.07, 6.45) is -4.98. The van der Waals surface area contributed by atoms with Crippen LogP contribution in [0.2, 0.25) is 0 Å². The van der Waals surface area contributed by atoms with Crippen LogP contribution in [0.25, 0.3) is 0 Å². The summed E-state index contributed by atoms with van der Waals surface area (Å²) in [6, 6.07) is 3.81. The zero-order valence-electron chi connectivity index (χ0n) is 9.59.